The van der Waals surface area contributed by atoms with Crippen molar-refractivity contribution in [3.8, 4) is 0 Å². The second kappa shape index (κ2) is 9.07. The maximum absolute atomic E-state index is 12.0. The molecule has 0 fully saturated rings. The van der Waals surface area contributed by atoms with E-state index in [0.29, 0.717) is 18.0 Å². The fraction of sp³-hybridized carbons (Fsp3) is 0.571. The van der Waals surface area contributed by atoms with Crippen LogP contribution in [0.4, 0.5) is 0 Å². The van der Waals surface area contributed by atoms with E-state index in [4.69, 9.17) is 10.5 Å². The lowest BCUT2D eigenvalue weighted by atomic mass is 10.2. The normalized spacial score (nSPS) is 11.7. The van der Waals surface area contributed by atoms with Gasteiger partial charge in [0, 0.05) is 20.3 Å². The highest BCUT2D eigenvalue weighted by molar-refractivity contribution is 7.89. The van der Waals surface area contributed by atoms with Crippen molar-refractivity contribution in [1.29, 1.82) is 0 Å². The summed E-state index contributed by atoms with van der Waals surface area (Å²) >= 11 is 0. The van der Waals surface area contributed by atoms with Crippen molar-refractivity contribution in [3.63, 3.8) is 0 Å². The fourth-order valence-electron chi connectivity index (χ4n) is 1.84. The first-order chi connectivity index (χ1) is 9.60. The molecule has 20 heavy (non-hydrogen) atoms. The van der Waals surface area contributed by atoms with Gasteiger partial charge in [0.2, 0.25) is 10.0 Å². The molecular formula is C14H24N2O3S. The summed E-state index contributed by atoms with van der Waals surface area (Å²) in [4.78, 5) is 0.301. The van der Waals surface area contributed by atoms with Crippen LogP contribution < -0.4 is 10.5 Å². The van der Waals surface area contributed by atoms with Crippen LogP contribution in [0.2, 0.25) is 0 Å². The number of methoxy groups -OCH3 is 1. The van der Waals surface area contributed by atoms with Crippen LogP contribution in [0.1, 0.15) is 24.8 Å². The average molecular weight is 300 g/mol. The summed E-state index contributed by atoms with van der Waals surface area (Å²) in [7, 11) is -1.73. The second-order valence-corrected chi connectivity index (χ2v) is 6.40. The lowest BCUT2D eigenvalue weighted by molar-refractivity contribution is 0.192. The quantitative estimate of drug-likeness (QED) is 0.638. The minimum atomic E-state index is -3.40. The van der Waals surface area contributed by atoms with Gasteiger partial charge >= 0.3 is 0 Å². The molecule has 0 saturated heterocycles. The Morgan fingerprint density at radius 3 is 2.45 bits per heavy atom. The summed E-state index contributed by atoms with van der Waals surface area (Å²) in [5.74, 6) is 0. The molecule has 0 atom stereocenters. The van der Waals surface area contributed by atoms with E-state index in [-0.39, 0.29) is 0 Å². The Balaban J connectivity index is 2.43. The van der Waals surface area contributed by atoms with Crippen molar-refractivity contribution in [1.82, 2.24) is 4.72 Å². The largest absolute Gasteiger partial charge is 0.385 e. The third-order valence-electron chi connectivity index (χ3n) is 2.98. The molecule has 1 aromatic rings. The minimum Gasteiger partial charge on any atom is -0.385 e. The molecule has 6 heteroatoms. The standard InChI is InChI=1S/C14H24N2O3S/c1-19-12-4-2-3-11-16-20(17,18)14-7-5-13(6-8-14)9-10-15/h5-8,16H,2-4,9-12,15H2,1H3. The second-order valence-electron chi connectivity index (χ2n) is 4.63. The molecule has 0 aromatic heterocycles. The first-order valence-corrected chi connectivity index (χ1v) is 8.36. The Morgan fingerprint density at radius 2 is 1.85 bits per heavy atom. The predicted octanol–water partition coefficient (Wildman–Crippen LogP) is 1.28. The Kier molecular flexibility index (Phi) is 7.76. The van der Waals surface area contributed by atoms with Gasteiger partial charge in [0.1, 0.15) is 0 Å². The summed E-state index contributed by atoms with van der Waals surface area (Å²) in [5, 5.41) is 0. The molecule has 1 aromatic carbocycles. The van der Waals surface area contributed by atoms with E-state index in [1.165, 1.54) is 0 Å². The van der Waals surface area contributed by atoms with Gasteiger partial charge in [-0.25, -0.2) is 13.1 Å². The van der Waals surface area contributed by atoms with E-state index in [0.717, 1.165) is 37.9 Å². The molecule has 5 nitrogen and oxygen atoms in total. The lowest BCUT2D eigenvalue weighted by Gasteiger charge is -2.07. The maximum Gasteiger partial charge on any atom is 0.240 e. The highest BCUT2D eigenvalue weighted by Crippen LogP contribution is 2.11. The topological polar surface area (TPSA) is 81.4 Å². The predicted molar refractivity (Wildman–Crippen MR) is 80.1 cm³/mol. The van der Waals surface area contributed by atoms with Crippen molar-refractivity contribution in [2.75, 3.05) is 26.8 Å². The van der Waals surface area contributed by atoms with Gasteiger partial charge in [0.15, 0.2) is 0 Å². The number of nitrogens with two attached hydrogens (primary N) is 1. The van der Waals surface area contributed by atoms with Gasteiger partial charge < -0.3 is 10.5 Å². The highest BCUT2D eigenvalue weighted by Gasteiger charge is 2.12. The number of hydrogen-bond acceptors (Lipinski definition) is 4. The zero-order chi connectivity index (χ0) is 14.8. The van der Waals surface area contributed by atoms with Crippen LogP contribution in [0.5, 0.6) is 0 Å². The third kappa shape index (κ3) is 6.00. The summed E-state index contributed by atoms with van der Waals surface area (Å²) < 4.78 is 31.6. The van der Waals surface area contributed by atoms with E-state index < -0.39 is 10.0 Å². The van der Waals surface area contributed by atoms with Gasteiger partial charge in [0.25, 0.3) is 0 Å². The van der Waals surface area contributed by atoms with Crippen molar-refractivity contribution in [2.45, 2.75) is 30.6 Å². The average Bonchev–Trinajstić information content (AvgIpc) is 2.44. The van der Waals surface area contributed by atoms with Crippen molar-refractivity contribution in [3.05, 3.63) is 29.8 Å². The Labute approximate surface area is 121 Å². The molecule has 0 bridgehead atoms. The van der Waals surface area contributed by atoms with Gasteiger partial charge in [-0.05, 0) is 49.9 Å². The minimum absolute atomic E-state index is 0.301. The van der Waals surface area contributed by atoms with E-state index in [9.17, 15) is 8.42 Å². The van der Waals surface area contributed by atoms with Crippen LogP contribution in [0, 0.1) is 0 Å². The Bertz CT molecular complexity index is 472. The van der Waals surface area contributed by atoms with Gasteiger partial charge in [-0.2, -0.15) is 0 Å². The maximum atomic E-state index is 12.0. The van der Waals surface area contributed by atoms with Crippen LogP contribution >= 0.6 is 0 Å². The van der Waals surface area contributed by atoms with Crippen LogP contribution in [-0.2, 0) is 21.2 Å². The molecule has 0 radical (unpaired) electrons. The first-order valence-electron chi connectivity index (χ1n) is 6.88. The van der Waals surface area contributed by atoms with E-state index in [1.54, 1.807) is 31.4 Å². The number of benzene rings is 1. The summed E-state index contributed by atoms with van der Waals surface area (Å²) in [6, 6.07) is 6.86. The van der Waals surface area contributed by atoms with Gasteiger partial charge in [-0.3, -0.25) is 0 Å². The van der Waals surface area contributed by atoms with Crippen molar-refractivity contribution in [2.24, 2.45) is 5.73 Å². The van der Waals surface area contributed by atoms with Gasteiger partial charge in [-0.1, -0.05) is 12.1 Å². The Morgan fingerprint density at radius 1 is 1.15 bits per heavy atom. The molecule has 1 rings (SSSR count). The number of rotatable bonds is 10. The van der Waals surface area contributed by atoms with E-state index >= 15 is 0 Å². The summed E-state index contributed by atoms with van der Waals surface area (Å²) in [6.07, 6.45) is 3.47. The van der Waals surface area contributed by atoms with Crippen LogP contribution in [0.15, 0.2) is 29.2 Å². The number of sulfonamides is 1. The van der Waals surface area contributed by atoms with E-state index in [1.807, 2.05) is 0 Å². The number of hydrogen-bond donors (Lipinski definition) is 2. The molecule has 0 unspecified atom stereocenters. The SMILES string of the molecule is COCCCCCNS(=O)(=O)c1ccc(CCN)cc1. The van der Waals surface area contributed by atoms with Crippen molar-refractivity contribution >= 4 is 10.0 Å². The zero-order valence-electron chi connectivity index (χ0n) is 12.0. The van der Waals surface area contributed by atoms with Crippen LogP contribution in [0.3, 0.4) is 0 Å². The molecule has 0 saturated carbocycles. The van der Waals surface area contributed by atoms with Crippen LogP contribution in [0.25, 0.3) is 0 Å². The number of ether oxygens (including phenoxy) is 1. The monoisotopic (exact) mass is 300 g/mol. The number of nitrogens with one attached hydrogen (secondary N) is 1. The van der Waals surface area contributed by atoms with E-state index in [2.05, 4.69) is 4.72 Å². The molecule has 0 heterocycles. The van der Waals surface area contributed by atoms with Crippen molar-refractivity contribution < 1.29 is 13.2 Å². The lowest BCUT2D eigenvalue weighted by Crippen LogP contribution is -2.24. The molecule has 0 aliphatic heterocycles. The summed E-state index contributed by atoms with van der Waals surface area (Å²) in [6.45, 7) is 1.73. The highest BCUT2D eigenvalue weighted by atomic mass is 32.2. The molecule has 114 valence electrons. The smallest absolute Gasteiger partial charge is 0.240 e. The molecule has 0 spiro atoms. The van der Waals surface area contributed by atoms with Gasteiger partial charge in [0.05, 0.1) is 4.90 Å². The first kappa shape index (κ1) is 17.1. The molecular weight excluding hydrogens is 276 g/mol. The molecule has 0 amide bonds. The molecule has 3 N–H and O–H groups in total. The van der Waals surface area contributed by atoms with Crippen LogP contribution in [-0.4, -0.2) is 35.2 Å². The number of unbranched alkanes of at least 4 members (excludes halogenated alkanes) is 2. The third-order valence-corrected chi connectivity index (χ3v) is 4.46. The fourth-order valence-corrected chi connectivity index (χ4v) is 2.91. The summed E-state index contributed by atoms with van der Waals surface area (Å²) in [5.41, 5.74) is 6.51. The molecule has 0 aliphatic rings. The van der Waals surface area contributed by atoms with Gasteiger partial charge in [-0.15, -0.1) is 0 Å². The molecule has 0 aliphatic carbocycles. The zero-order valence-corrected chi connectivity index (χ0v) is 12.8. The Hall–Kier alpha value is -0.950.